The molecule has 1 aromatic carbocycles. The molecule has 148 valence electrons. The Balaban J connectivity index is 0.00000338. The van der Waals surface area contributed by atoms with E-state index >= 15 is 0 Å². The van der Waals surface area contributed by atoms with Gasteiger partial charge in [-0.2, -0.15) is 0 Å². The van der Waals surface area contributed by atoms with Crippen molar-refractivity contribution < 1.29 is 18.3 Å². The van der Waals surface area contributed by atoms with E-state index in [-0.39, 0.29) is 42.1 Å². The maximum Gasteiger partial charge on any atom is 0.240 e. The largest absolute Gasteiger partial charge is 0.391 e. The summed E-state index contributed by atoms with van der Waals surface area (Å²) < 4.78 is 26.9. The molecule has 0 aliphatic carbocycles. The maximum atomic E-state index is 12.2. The molecule has 1 aromatic rings. The standard InChI is InChI=1S/C17H27N3O4S.ClH/c1-12(2)13-3-5-15(6-4-13)25(23,24)20-8-7-17(22)19-10-14-9-18-11-16(14)21;/h3-6,12,14,16,18,20-21H,7-11H2,1-2H3,(H,19,22);1H. The fourth-order valence-corrected chi connectivity index (χ4v) is 3.71. The van der Waals surface area contributed by atoms with E-state index in [4.69, 9.17) is 0 Å². The second kappa shape index (κ2) is 10.2. The van der Waals surface area contributed by atoms with Gasteiger partial charge in [0.25, 0.3) is 0 Å². The lowest BCUT2D eigenvalue weighted by Crippen LogP contribution is -2.36. The number of amides is 1. The number of sulfonamides is 1. The monoisotopic (exact) mass is 405 g/mol. The van der Waals surface area contributed by atoms with Crippen molar-refractivity contribution in [2.75, 3.05) is 26.2 Å². The van der Waals surface area contributed by atoms with E-state index in [1.54, 1.807) is 24.3 Å². The van der Waals surface area contributed by atoms with Crippen LogP contribution in [-0.2, 0) is 14.8 Å². The summed E-state index contributed by atoms with van der Waals surface area (Å²) in [5.41, 5.74) is 1.07. The Morgan fingerprint density at radius 1 is 1.27 bits per heavy atom. The predicted molar refractivity (Wildman–Crippen MR) is 103 cm³/mol. The molecule has 1 fully saturated rings. The molecule has 1 saturated heterocycles. The van der Waals surface area contributed by atoms with E-state index in [2.05, 4.69) is 15.4 Å². The van der Waals surface area contributed by atoms with Crippen molar-refractivity contribution in [2.45, 2.75) is 37.2 Å². The molecule has 0 spiro atoms. The van der Waals surface area contributed by atoms with Crippen LogP contribution >= 0.6 is 12.4 Å². The van der Waals surface area contributed by atoms with Crippen molar-refractivity contribution in [3.8, 4) is 0 Å². The lowest BCUT2D eigenvalue weighted by Gasteiger charge is -2.14. The molecule has 1 aliphatic rings. The highest BCUT2D eigenvalue weighted by atomic mass is 35.5. The van der Waals surface area contributed by atoms with Crippen molar-refractivity contribution >= 4 is 28.3 Å². The first-order valence-electron chi connectivity index (χ1n) is 8.54. The van der Waals surface area contributed by atoms with Crippen molar-refractivity contribution in [1.29, 1.82) is 0 Å². The number of hydrogen-bond donors (Lipinski definition) is 4. The van der Waals surface area contributed by atoms with Gasteiger partial charge in [0.2, 0.25) is 15.9 Å². The highest BCUT2D eigenvalue weighted by Gasteiger charge is 2.25. The highest BCUT2D eigenvalue weighted by molar-refractivity contribution is 7.89. The first kappa shape index (κ1) is 22.9. The van der Waals surface area contributed by atoms with Crippen molar-refractivity contribution in [3.05, 3.63) is 29.8 Å². The van der Waals surface area contributed by atoms with Crippen LogP contribution in [0.1, 0.15) is 31.7 Å². The van der Waals surface area contributed by atoms with Gasteiger partial charge in [-0.25, -0.2) is 13.1 Å². The molecule has 9 heteroatoms. The highest BCUT2D eigenvalue weighted by Crippen LogP contribution is 2.17. The SMILES string of the molecule is CC(C)c1ccc(S(=O)(=O)NCCC(=O)NCC2CNCC2O)cc1.Cl. The van der Waals surface area contributed by atoms with Crippen LogP contribution in [0.4, 0.5) is 0 Å². The number of carbonyl (C=O) groups excluding carboxylic acids is 1. The number of rotatable bonds is 8. The molecule has 7 nitrogen and oxygen atoms in total. The van der Waals surface area contributed by atoms with E-state index < -0.39 is 16.1 Å². The van der Waals surface area contributed by atoms with E-state index in [1.165, 1.54) is 0 Å². The van der Waals surface area contributed by atoms with E-state index in [0.29, 0.717) is 25.6 Å². The van der Waals surface area contributed by atoms with Gasteiger partial charge in [-0.05, 0) is 23.6 Å². The Kier molecular flexibility index (Phi) is 8.99. The molecule has 1 aliphatic heterocycles. The Bertz CT molecular complexity index is 680. The van der Waals surface area contributed by atoms with Crippen LogP contribution in [0.5, 0.6) is 0 Å². The van der Waals surface area contributed by atoms with Gasteiger partial charge in [-0.1, -0.05) is 26.0 Å². The zero-order chi connectivity index (χ0) is 18.4. The number of aliphatic hydroxyl groups excluding tert-OH is 1. The van der Waals surface area contributed by atoms with Gasteiger partial charge in [-0.15, -0.1) is 12.4 Å². The minimum atomic E-state index is -3.62. The van der Waals surface area contributed by atoms with Crippen LogP contribution in [0.3, 0.4) is 0 Å². The summed E-state index contributed by atoms with van der Waals surface area (Å²) in [5.74, 6) is 0.0964. The fourth-order valence-electron chi connectivity index (χ4n) is 2.67. The molecule has 1 heterocycles. The summed E-state index contributed by atoms with van der Waals surface area (Å²) in [7, 11) is -3.62. The summed E-state index contributed by atoms with van der Waals surface area (Å²) in [6, 6.07) is 6.75. The van der Waals surface area contributed by atoms with Gasteiger partial charge in [-0.3, -0.25) is 4.79 Å². The minimum absolute atomic E-state index is 0. The Morgan fingerprint density at radius 3 is 2.46 bits per heavy atom. The number of halogens is 1. The molecular weight excluding hydrogens is 378 g/mol. The molecule has 2 unspecified atom stereocenters. The van der Waals surface area contributed by atoms with E-state index in [1.807, 2.05) is 13.8 Å². The van der Waals surface area contributed by atoms with Gasteiger partial charge in [0.05, 0.1) is 11.0 Å². The van der Waals surface area contributed by atoms with Gasteiger partial charge in [0.15, 0.2) is 0 Å². The topological polar surface area (TPSA) is 108 Å². The molecule has 4 N–H and O–H groups in total. The van der Waals surface area contributed by atoms with Crippen LogP contribution < -0.4 is 15.4 Å². The number of aliphatic hydroxyl groups is 1. The summed E-state index contributed by atoms with van der Waals surface area (Å²) in [4.78, 5) is 12.0. The molecule has 26 heavy (non-hydrogen) atoms. The van der Waals surface area contributed by atoms with Crippen LogP contribution in [-0.4, -0.2) is 51.7 Å². The third-order valence-electron chi connectivity index (χ3n) is 4.37. The average Bonchev–Trinajstić information content (AvgIpc) is 2.98. The smallest absolute Gasteiger partial charge is 0.240 e. The molecular formula is C17H28ClN3O4S. The van der Waals surface area contributed by atoms with Crippen molar-refractivity contribution in [1.82, 2.24) is 15.4 Å². The first-order chi connectivity index (χ1) is 11.8. The first-order valence-corrected chi connectivity index (χ1v) is 10.0. The minimum Gasteiger partial charge on any atom is -0.391 e. The zero-order valence-electron chi connectivity index (χ0n) is 15.1. The third kappa shape index (κ3) is 6.51. The van der Waals surface area contributed by atoms with E-state index in [0.717, 1.165) is 5.56 Å². The average molecular weight is 406 g/mol. The van der Waals surface area contributed by atoms with Crippen molar-refractivity contribution in [3.63, 3.8) is 0 Å². The Hall–Kier alpha value is -1.19. The molecule has 0 saturated carbocycles. The summed E-state index contributed by atoms with van der Waals surface area (Å²) >= 11 is 0. The molecule has 1 amide bonds. The number of nitrogens with one attached hydrogen (secondary N) is 3. The second-order valence-corrected chi connectivity index (χ2v) is 8.43. The van der Waals surface area contributed by atoms with E-state index in [9.17, 15) is 18.3 Å². The number of hydrogen-bond acceptors (Lipinski definition) is 5. The molecule has 0 bridgehead atoms. The normalized spacial score (nSPS) is 20.0. The van der Waals surface area contributed by atoms with Crippen LogP contribution in [0.25, 0.3) is 0 Å². The van der Waals surface area contributed by atoms with Crippen LogP contribution in [0, 0.1) is 5.92 Å². The molecule has 2 atom stereocenters. The Labute approximate surface area is 161 Å². The lowest BCUT2D eigenvalue weighted by atomic mass is 10.0. The summed E-state index contributed by atoms with van der Waals surface area (Å²) in [5, 5.41) is 15.4. The number of carbonyl (C=O) groups is 1. The van der Waals surface area contributed by atoms with Gasteiger partial charge in [0.1, 0.15) is 0 Å². The summed E-state index contributed by atoms with van der Waals surface area (Å²) in [6.45, 7) is 5.71. The number of benzene rings is 1. The van der Waals surface area contributed by atoms with Crippen LogP contribution in [0.15, 0.2) is 29.2 Å². The quantitative estimate of drug-likeness (QED) is 0.506. The fraction of sp³-hybridized carbons (Fsp3) is 0.588. The molecule has 2 rings (SSSR count). The predicted octanol–water partition coefficient (Wildman–Crippen LogP) is 0.597. The van der Waals surface area contributed by atoms with Gasteiger partial charge in [0, 0.05) is 38.5 Å². The van der Waals surface area contributed by atoms with Gasteiger partial charge < -0.3 is 15.7 Å². The molecule has 0 aromatic heterocycles. The third-order valence-corrected chi connectivity index (χ3v) is 5.84. The number of β-amino-alcohol motifs (C(OH)–C–C–N with tert-alkyl or cyclic N) is 1. The summed E-state index contributed by atoms with van der Waals surface area (Å²) in [6.07, 6.45) is -0.396. The van der Waals surface area contributed by atoms with Crippen molar-refractivity contribution in [2.24, 2.45) is 5.92 Å². The lowest BCUT2D eigenvalue weighted by molar-refractivity contribution is -0.121. The van der Waals surface area contributed by atoms with Gasteiger partial charge >= 0.3 is 0 Å². The second-order valence-electron chi connectivity index (χ2n) is 6.66. The maximum absolute atomic E-state index is 12.2. The molecule has 0 radical (unpaired) electrons. The zero-order valence-corrected chi connectivity index (χ0v) is 16.7. The van der Waals surface area contributed by atoms with Crippen LogP contribution in [0.2, 0.25) is 0 Å². The Morgan fingerprint density at radius 2 is 1.92 bits per heavy atom.